The van der Waals surface area contributed by atoms with Gasteiger partial charge in [-0.25, -0.2) is 0 Å². The minimum absolute atomic E-state index is 0.00332. The molecular formula is C26H25N3O2. The number of aromatic nitrogens is 2. The summed E-state index contributed by atoms with van der Waals surface area (Å²) >= 11 is 0. The lowest BCUT2D eigenvalue weighted by Gasteiger charge is -2.22. The van der Waals surface area contributed by atoms with Gasteiger partial charge in [0.15, 0.2) is 10.9 Å². The van der Waals surface area contributed by atoms with Crippen molar-refractivity contribution in [2.45, 2.75) is 27.3 Å². The molecule has 2 aromatic heterocycles. The monoisotopic (exact) mass is 411 g/mol. The van der Waals surface area contributed by atoms with E-state index in [1.807, 2.05) is 54.6 Å². The van der Waals surface area contributed by atoms with Crippen LogP contribution in [0.25, 0.3) is 43.6 Å². The van der Waals surface area contributed by atoms with Gasteiger partial charge in [-0.1, -0.05) is 18.2 Å². The molecule has 0 aliphatic rings. The van der Waals surface area contributed by atoms with Crippen LogP contribution >= 0.6 is 0 Å². The maximum absolute atomic E-state index is 13.7. The number of fused-ring (bicyclic) bond motifs is 4. The second-order valence-corrected chi connectivity index (χ2v) is 7.83. The number of aryl methyl sites for hydroxylation is 1. The quantitative estimate of drug-likeness (QED) is 0.423. The molecule has 3 aromatic carbocycles. The molecule has 1 N–H and O–H groups in total. The van der Waals surface area contributed by atoms with Crippen molar-refractivity contribution in [3.8, 4) is 0 Å². The Hall–Kier alpha value is -3.60. The van der Waals surface area contributed by atoms with Gasteiger partial charge in [-0.05, 0) is 57.2 Å². The first kappa shape index (κ1) is 19.4. The number of anilines is 1. The average molecular weight is 412 g/mol. The van der Waals surface area contributed by atoms with Crippen LogP contribution in [0.2, 0.25) is 0 Å². The molecule has 5 heteroatoms. The van der Waals surface area contributed by atoms with E-state index < -0.39 is 0 Å². The fourth-order valence-electron chi connectivity index (χ4n) is 4.79. The average Bonchev–Trinajstić information content (AvgIpc) is 2.80. The maximum Gasteiger partial charge on any atom is 0.199 e. The molecule has 31 heavy (non-hydrogen) atoms. The number of H-pyrrole nitrogens is 1. The van der Waals surface area contributed by atoms with E-state index in [9.17, 15) is 9.59 Å². The van der Waals surface area contributed by atoms with Gasteiger partial charge >= 0.3 is 0 Å². The number of benzene rings is 3. The first-order valence-corrected chi connectivity index (χ1v) is 10.9. The van der Waals surface area contributed by atoms with Crippen molar-refractivity contribution in [1.82, 2.24) is 9.55 Å². The van der Waals surface area contributed by atoms with Crippen molar-refractivity contribution in [3.63, 3.8) is 0 Å². The molecule has 0 aliphatic heterocycles. The summed E-state index contributed by atoms with van der Waals surface area (Å²) in [6, 6.07) is 17.3. The summed E-state index contributed by atoms with van der Waals surface area (Å²) in [4.78, 5) is 32.6. The molecule has 156 valence electrons. The largest absolute Gasteiger partial charge is 0.371 e. The Labute approximate surface area is 179 Å². The van der Waals surface area contributed by atoms with E-state index in [0.717, 1.165) is 35.3 Å². The fourth-order valence-corrected chi connectivity index (χ4v) is 4.79. The Morgan fingerprint density at radius 3 is 2.29 bits per heavy atom. The van der Waals surface area contributed by atoms with Crippen molar-refractivity contribution in [2.24, 2.45) is 0 Å². The molecule has 0 aliphatic carbocycles. The van der Waals surface area contributed by atoms with Crippen LogP contribution in [-0.2, 0) is 6.54 Å². The highest BCUT2D eigenvalue weighted by Crippen LogP contribution is 2.28. The standard InChI is InChI=1S/C26H25N3O2/c1-4-28(5-2)22-13-9-11-19-24(22)26(31)17-15-23-18(14-20(17)27-19)25(30)16-10-7-8-12-21(16)29(23)6-3/h7-15H,4-6H2,1-3H3,(H,27,31). The van der Waals surface area contributed by atoms with Gasteiger partial charge in [0.2, 0.25) is 0 Å². The second-order valence-electron chi connectivity index (χ2n) is 7.83. The maximum atomic E-state index is 13.7. The number of nitrogens with one attached hydrogen (secondary N) is 1. The van der Waals surface area contributed by atoms with Gasteiger partial charge in [-0.2, -0.15) is 0 Å². The van der Waals surface area contributed by atoms with Gasteiger partial charge in [-0.15, -0.1) is 0 Å². The van der Waals surface area contributed by atoms with Crippen molar-refractivity contribution >= 4 is 49.3 Å². The van der Waals surface area contributed by atoms with Gasteiger partial charge in [0.05, 0.1) is 33.1 Å². The molecule has 5 nitrogen and oxygen atoms in total. The smallest absolute Gasteiger partial charge is 0.199 e. The van der Waals surface area contributed by atoms with E-state index in [-0.39, 0.29) is 10.9 Å². The first-order chi connectivity index (χ1) is 15.1. The molecule has 0 saturated heterocycles. The predicted octanol–water partition coefficient (Wildman–Crippen LogP) is 5.02. The number of hydrogen-bond acceptors (Lipinski definition) is 3. The van der Waals surface area contributed by atoms with Crippen molar-refractivity contribution < 1.29 is 0 Å². The third kappa shape index (κ3) is 2.76. The summed E-state index contributed by atoms with van der Waals surface area (Å²) in [5.74, 6) is 0. The van der Waals surface area contributed by atoms with E-state index in [1.165, 1.54) is 0 Å². The van der Waals surface area contributed by atoms with Crippen LogP contribution in [0.5, 0.6) is 0 Å². The van der Waals surface area contributed by atoms with Gasteiger partial charge in [0, 0.05) is 35.8 Å². The number of nitrogens with zero attached hydrogens (tertiary/aromatic N) is 2. The Balaban J connectivity index is 1.98. The predicted molar refractivity (Wildman–Crippen MR) is 131 cm³/mol. The SMILES string of the molecule is CCN(CC)c1cccc2[nH]c3cc4c(=O)c5ccccc5n(CC)c4cc3c(=O)c12. The minimum Gasteiger partial charge on any atom is -0.371 e. The molecule has 0 amide bonds. The molecule has 0 radical (unpaired) electrons. The first-order valence-electron chi connectivity index (χ1n) is 10.9. The van der Waals surface area contributed by atoms with Crippen LogP contribution in [0.4, 0.5) is 5.69 Å². The summed E-state index contributed by atoms with van der Waals surface area (Å²) in [7, 11) is 0. The summed E-state index contributed by atoms with van der Waals surface area (Å²) in [5, 5.41) is 2.63. The number of aromatic amines is 1. The molecule has 5 aromatic rings. The van der Waals surface area contributed by atoms with Crippen molar-refractivity contribution in [2.75, 3.05) is 18.0 Å². The molecule has 5 rings (SSSR count). The highest BCUT2D eigenvalue weighted by Gasteiger charge is 2.16. The van der Waals surface area contributed by atoms with E-state index in [1.54, 1.807) is 0 Å². The zero-order valence-electron chi connectivity index (χ0n) is 18.0. The zero-order valence-corrected chi connectivity index (χ0v) is 18.0. The van der Waals surface area contributed by atoms with Crippen LogP contribution in [0.3, 0.4) is 0 Å². The lowest BCUT2D eigenvalue weighted by molar-refractivity contribution is 0.821. The van der Waals surface area contributed by atoms with Gasteiger partial charge < -0.3 is 14.5 Å². The second kappa shape index (κ2) is 7.27. The van der Waals surface area contributed by atoms with Gasteiger partial charge in [-0.3, -0.25) is 9.59 Å². The fraction of sp³-hybridized carbons (Fsp3) is 0.231. The van der Waals surface area contributed by atoms with E-state index in [0.29, 0.717) is 33.6 Å². The minimum atomic E-state index is -0.00459. The highest BCUT2D eigenvalue weighted by atomic mass is 16.1. The zero-order chi connectivity index (χ0) is 21.7. The Morgan fingerprint density at radius 1 is 0.774 bits per heavy atom. The molecule has 2 heterocycles. The number of pyridine rings is 2. The van der Waals surface area contributed by atoms with Gasteiger partial charge in [0.1, 0.15) is 0 Å². The van der Waals surface area contributed by atoms with Crippen LogP contribution in [0.15, 0.2) is 64.2 Å². The molecule has 0 bridgehead atoms. The summed E-state index contributed by atoms with van der Waals surface area (Å²) in [6.45, 7) is 8.60. The molecular weight excluding hydrogens is 386 g/mol. The van der Waals surface area contributed by atoms with E-state index >= 15 is 0 Å². The number of hydrogen-bond donors (Lipinski definition) is 1. The molecule has 0 unspecified atom stereocenters. The van der Waals surface area contributed by atoms with Crippen LogP contribution in [0.1, 0.15) is 20.8 Å². The Bertz CT molecular complexity index is 1590. The van der Waals surface area contributed by atoms with Gasteiger partial charge in [0.25, 0.3) is 0 Å². The Morgan fingerprint density at radius 2 is 1.55 bits per heavy atom. The van der Waals surface area contributed by atoms with Crippen LogP contribution in [-0.4, -0.2) is 22.6 Å². The lowest BCUT2D eigenvalue weighted by Crippen LogP contribution is -2.23. The third-order valence-electron chi connectivity index (χ3n) is 6.31. The summed E-state index contributed by atoms with van der Waals surface area (Å²) in [6.07, 6.45) is 0. The summed E-state index contributed by atoms with van der Waals surface area (Å²) < 4.78 is 2.12. The third-order valence-corrected chi connectivity index (χ3v) is 6.31. The normalized spacial score (nSPS) is 11.7. The lowest BCUT2D eigenvalue weighted by atomic mass is 10.0. The molecule has 0 fully saturated rings. The topological polar surface area (TPSA) is 58.1 Å². The van der Waals surface area contributed by atoms with Crippen molar-refractivity contribution in [3.05, 3.63) is 75.0 Å². The number of rotatable bonds is 4. The highest BCUT2D eigenvalue weighted by molar-refractivity contribution is 6.05. The molecule has 0 saturated carbocycles. The summed E-state index contributed by atoms with van der Waals surface area (Å²) in [5.41, 5.74) is 4.10. The van der Waals surface area contributed by atoms with Crippen molar-refractivity contribution in [1.29, 1.82) is 0 Å². The Kier molecular flexibility index (Phi) is 4.54. The van der Waals surface area contributed by atoms with Crippen LogP contribution < -0.4 is 15.8 Å². The molecule has 0 atom stereocenters. The molecule has 0 spiro atoms. The van der Waals surface area contributed by atoms with E-state index in [4.69, 9.17) is 0 Å². The van der Waals surface area contributed by atoms with Crippen LogP contribution in [0, 0.1) is 0 Å². The van der Waals surface area contributed by atoms with E-state index in [2.05, 4.69) is 35.2 Å². The number of para-hydroxylation sites is 1.